The number of halogens is 2. The molecule has 1 heterocycles. The number of ether oxygens (including phenoxy) is 1. The van der Waals surface area contributed by atoms with Crippen molar-refractivity contribution in [3.8, 4) is 0 Å². The van der Waals surface area contributed by atoms with Gasteiger partial charge < -0.3 is 0 Å². The fourth-order valence-corrected chi connectivity index (χ4v) is 5.55. The standard InChI is InChI=1S/C12H20I2NO2/c1-11(2,3)12(6-4-5-7-12)17-10(16)8(13)9-14-15-9/h8-9,15H,4-7H2,1-3H3/q-1. The third kappa shape index (κ3) is 3.08. The minimum atomic E-state index is -0.222. The Labute approximate surface area is 128 Å². The first-order valence-corrected chi connectivity index (χ1v) is 9.68. The van der Waals surface area contributed by atoms with E-state index in [0.717, 1.165) is 12.8 Å². The molecule has 1 saturated carbocycles. The maximum absolute atomic E-state index is 12.2. The van der Waals surface area contributed by atoms with Gasteiger partial charge in [-0.25, -0.2) is 0 Å². The number of alkyl halides is 2. The van der Waals surface area contributed by atoms with E-state index >= 15 is 0 Å². The third-order valence-electron chi connectivity index (χ3n) is 3.79. The fraction of sp³-hybridized carbons (Fsp3) is 0.917. The molecular weight excluding hydrogens is 444 g/mol. The van der Waals surface area contributed by atoms with Crippen LogP contribution in [-0.2, 0) is 9.53 Å². The summed E-state index contributed by atoms with van der Waals surface area (Å²) < 4.78 is 9.71. The molecule has 0 spiro atoms. The average molecular weight is 464 g/mol. The Hall–Kier alpha value is 0.890. The van der Waals surface area contributed by atoms with Crippen LogP contribution in [0.1, 0.15) is 46.5 Å². The number of carbonyl (C=O) groups is 1. The zero-order valence-electron chi connectivity index (χ0n) is 10.6. The Morgan fingerprint density at radius 3 is 2.41 bits per heavy atom. The summed E-state index contributed by atoms with van der Waals surface area (Å²) in [5.41, 5.74) is -0.178. The Bertz CT molecular complexity index is 304. The van der Waals surface area contributed by atoms with Gasteiger partial charge in [0.05, 0.1) is 0 Å². The van der Waals surface area contributed by atoms with Gasteiger partial charge >= 0.3 is 129 Å². The van der Waals surface area contributed by atoms with Gasteiger partial charge in [0.1, 0.15) is 0 Å². The van der Waals surface area contributed by atoms with Gasteiger partial charge in [-0.15, -0.1) is 0 Å². The van der Waals surface area contributed by atoms with Gasteiger partial charge in [0, 0.05) is 0 Å². The fourth-order valence-electron chi connectivity index (χ4n) is 2.47. The second kappa shape index (κ2) is 5.11. The predicted octanol–water partition coefficient (Wildman–Crippen LogP) is -0.375. The van der Waals surface area contributed by atoms with Gasteiger partial charge in [-0.2, -0.15) is 0 Å². The molecule has 1 aliphatic heterocycles. The second-order valence-electron chi connectivity index (χ2n) is 5.89. The van der Waals surface area contributed by atoms with Crippen LogP contribution in [0.15, 0.2) is 0 Å². The van der Waals surface area contributed by atoms with Gasteiger partial charge in [0.2, 0.25) is 0 Å². The normalized spacial score (nSPS) is 29.3. The Balaban J connectivity index is 2.05. The van der Waals surface area contributed by atoms with Crippen molar-refractivity contribution >= 4 is 28.6 Å². The number of nitrogens with one attached hydrogen (secondary N) is 1. The molecule has 0 aromatic carbocycles. The van der Waals surface area contributed by atoms with Crippen LogP contribution in [-0.4, -0.2) is 19.5 Å². The van der Waals surface area contributed by atoms with Gasteiger partial charge in [0.25, 0.3) is 0 Å². The molecule has 2 rings (SSSR count). The van der Waals surface area contributed by atoms with E-state index in [1.54, 1.807) is 0 Å². The number of hydrogen-bond donors (Lipinski definition) is 1. The number of rotatable bonds is 3. The van der Waals surface area contributed by atoms with E-state index < -0.39 is 0 Å². The summed E-state index contributed by atoms with van der Waals surface area (Å²) in [6.07, 6.45) is 4.42. The van der Waals surface area contributed by atoms with Crippen LogP contribution in [0.5, 0.6) is 0 Å². The zero-order chi connectivity index (χ0) is 12.7. The molecular formula is C12H20I2NO2-. The second-order valence-corrected chi connectivity index (χ2v) is 9.82. The van der Waals surface area contributed by atoms with E-state index in [4.69, 9.17) is 4.74 Å². The molecule has 0 amide bonds. The summed E-state index contributed by atoms with van der Waals surface area (Å²) >= 11 is 2.31. The van der Waals surface area contributed by atoms with Crippen LogP contribution in [0.3, 0.4) is 0 Å². The zero-order valence-corrected chi connectivity index (χ0v) is 14.9. The summed E-state index contributed by atoms with van der Waals surface area (Å²) in [7, 11) is 0. The van der Waals surface area contributed by atoms with Crippen LogP contribution in [0.2, 0.25) is 0 Å². The molecule has 0 radical (unpaired) electrons. The van der Waals surface area contributed by atoms with Crippen molar-refractivity contribution in [1.82, 2.24) is 3.53 Å². The molecule has 0 aromatic heterocycles. The molecule has 5 heteroatoms. The van der Waals surface area contributed by atoms with Crippen LogP contribution in [0, 0.1) is 5.41 Å². The summed E-state index contributed by atoms with van der Waals surface area (Å²) in [6, 6.07) is 0. The summed E-state index contributed by atoms with van der Waals surface area (Å²) in [4.78, 5) is 12.2. The van der Waals surface area contributed by atoms with Crippen molar-refractivity contribution in [3.63, 3.8) is 0 Å². The maximum atomic E-state index is 12.2. The Kier molecular flexibility index (Phi) is 4.30. The first-order valence-electron chi connectivity index (χ1n) is 6.11. The molecule has 2 atom stereocenters. The summed E-state index contributed by atoms with van der Waals surface area (Å²) in [5.74, 6) is -0.00266. The van der Waals surface area contributed by atoms with Crippen LogP contribution >= 0.6 is 22.6 Å². The van der Waals surface area contributed by atoms with Crippen molar-refractivity contribution in [3.05, 3.63) is 0 Å². The quantitative estimate of drug-likeness (QED) is 0.155. The van der Waals surface area contributed by atoms with Gasteiger partial charge in [-0.1, -0.05) is 0 Å². The van der Waals surface area contributed by atoms with E-state index in [1.165, 1.54) is 12.8 Å². The molecule has 2 aliphatic rings. The van der Waals surface area contributed by atoms with E-state index in [0.29, 0.717) is 4.05 Å². The predicted molar refractivity (Wildman–Crippen MR) is 71.5 cm³/mol. The number of hydrogen-bond acceptors (Lipinski definition) is 3. The molecule has 3 nitrogen and oxygen atoms in total. The first kappa shape index (κ1) is 14.3. The molecule has 1 aliphatic carbocycles. The van der Waals surface area contributed by atoms with Crippen LogP contribution < -0.4 is 25.0 Å². The van der Waals surface area contributed by atoms with Crippen molar-refractivity contribution < 1.29 is 31.0 Å². The molecule has 0 bridgehead atoms. The molecule has 0 aromatic rings. The van der Waals surface area contributed by atoms with E-state index in [-0.39, 0.29) is 42.4 Å². The van der Waals surface area contributed by atoms with E-state index in [9.17, 15) is 4.79 Å². The molecule has 1 saturated heterocycles. The third-order valence-corrected chi connectivity index (χ3v) is 8.46. The molecule has 100 valence electrons. The monoisotopic (exact) mass is 464 g/mol. The van der Waals surface area contributed by atoms with E-state index in [2.05, 4.69) is 46.9 Å². The van der Waals surface area contributed by atoms with Crippen molar-refractivity contribution in [1.29, 1.82) is 0 Å². The Morgan fingerprint density at radius 1 is 1.47 bits per heavy atom. The average Bonchev–Trinajstić information content (AvgIpc) is 2.96. The van der Waals surface area contributed by atoms with Crippen LogP contribution in [0.4, 0.5) is 0 Å². The van der Waals surface area contributed by atoms with Crippen LogP contribution in [0.25, 0.3) is 0 Å². The SMILES string of the molecule is CC(C)(C)C1(OC(=O)C(I)C2N[I-]2)CCCC1. The Morgan fingerprint density at radius 2 is 2.00 bits per heavy atom. The molecule has 17 heavy (non-hydrogen) atoms. The van der Waals surface area contributed by atoms with E-state index in [1.807, 2.05) is 0 Å². The molecule has 2 unspecified atom stereocenters. The molecule has 1 N–H and O–H groups in total. The van der Waals surface area contributed by atoms with Crippen molar-refractivity contribution in [2.45, 2.75) is 60.0 Å². The number of esters is 1. The number of carbonyl (C=O) groups excluding carboxylic acids is 1. The van der Waals surface area contributed by atoms with Gasteiger partial charge in [-0.3, -0.25) is 0 Å². The summed E-state index contributed by atoms with van der Waals surface area (Å²) in [5, 5.41) is 0. The van der Waals surface area contributed by atoms with Crippen molar-refractivity contribution in [2.24, 2.45) is 5.41 Å². The summed E-state index contributed by atoms with van der Waals surface area (Å²) in [6.45, 7) is 6.57. The molecule has 2 fully saturated rings. The first-order chi connectivity index (χ1) is 7.86. The van der Waals surface area contributed by atoms with Gasteiger partial charge in [-0.05, 0) is 0 Å². The minimum absolute atomic E-state index is 0.00266. The topological polar surface area (TPSA) is 48.2 Å². The van der Waals surface area contributed by atoms with Crippen molar-refractivity contribution in [2.75, 3.05) is 0 Å². The van der Waals surface area contributed by atoms with Gasteiger partial charge in [0.15, 0.2) is 0 Å².